The summed E-state index contributed by atoms with van der Waals surface area (Å²) in [7, 11) is 0. The zero-order valence-electron chi connectivity index (χ0n) is 4.59. The third kappa shape index (κ3) is 5.01. The van der Waals surface area contributed by atoms with E-state index >= 15 is 0 Å². The highest BCUT2D eigenvalue weighted by Crippen LogP contribution is 1.77. The van der Waals surface area contributed by atoms with Gasteiger partial charge in [0.2, 0.25) is 0 Å². The molecule has 0 amide bonds. The normalized spacial score (nSPS) is 9.62. The quantitative estimate of drug-likeness (QED) is 0.400. The minimum atomic E-state index is -1.48. The maximum Gasteiger partial charge on any atom is 0.550 e. The van der Waals surface area contributed by atoms with E-state index in [9.17, 15) is 9.90 Å². The summed E-state index contributed by atoms with van der Waals surface area (Å²) in [6, 6.07) is 0. The molecule has 0 heterocycles. The maximum absolute atomic E-state index is 9.51. The van der Waals surface area contributed by atoms with Gasteiger partial charge in [-0.3, -0.25) is 0 Å². The Bertz CT molecular complexity index is 95.8. The summed E-state index contributed by atoms with van der Waals surface area (Å²) in [5.41, 5.74) is 0. The molecule has 0 aromatic heterocycles. The van der Waals surface area contributed by atoms with Gasteiger partial charge in [-0.25, -0.2) is 0 Å². The van der Waals surface area contributed by atoms with Crippen molar-refractivity contribution in [2.24, 2.45) is 0 Å². The van der Waals surface area contributed by atoms with Crippen molar-refractivity contribution in [3.05, 3.63) is 12.2 Å². The number of rotatable bonds is 2. The average Bonchev–Trinajstić information content (AvgIpc) is 1.66. The van der Waals surface area contributed by atoms with Crippen molar-refractivity contribution in [2.45, 2.75) is 6.92 Å². The maximum atomic E-state index is 9.51. The minimum absolute atomic E-state index is 0.0822. The zero-order chi connectivity index (χ0) is 6.41. The molecule has 45 valence electrons. The molecule has 0 aliphatic rings. The molecule has 0 aromatic rings. The second-order valence-electron chi connectivity index (χ2n) is 1.13. The Hall–Kier alpha value is -0.990. The van der Waals surface area contributed by atoms with Gasteiger partial charge in [0.05, 0.1) is 0 Å². The van der Waals surface area contributed by atoms with Gasteiger partial charge in [-0.1, -0.05) is 12.2 Å². The minimum Gasteiger partial charge on any atom is -0.428 e. The second kappa shape index (κ2) is 4.18. The number of carbonyl (C=O) groups excluding carboxylic acids is 1. The van der Waals surface area contributed by atoms with Gasteiger partial charge in [-0.2, -0.15) is 9.90 Å². The molecule has 0 unspecified atom stereocenters. The van der Waals surface area contributed by atoms with E-state index < -0.39 is 6.16 Å². The van der Waals surface area contributed by atoms with Crippen molar-refractivity contribution in [3.63, 3.8) is 0 Å². The number of hydrogen-bond acceptors (Lipinski definition) is 2. The summed E-state index contributed by atoms with van der Waals surface area (Å²) in [5, 5.41) is 9.51. The monoisotopic (exact) mass is 115 g/mol. The SMILES string of the molecule is C/C=C/COC([O])=O. The van der Waals surface area contributed by atoms with Crippen LogP contribution in [0, 0.1) is 0 Å². The van der Waals surface area contributed by atoms with E-state index in [0.717, 1.165) is 0 Å². The van der Waals surface area contributed by atoms with Gasteiger partial charge in [-0.05, 0) is 6.92 Å². The van der Waals surface area contributed by atoms with Crippen LogP contribution in [0.3, 0.4) is 0 Å². The Morgan fingerprint density at radius 1 is 1.75 bits per heavy atom. The lowest BCUT2D eigenvalue weighted by molar-refractivity contribution is 0.0769. The van der Waals surface area contributed by atoms with Crippen molar-refractivity contribution in [2.75, 3.05) is 6.61 Å². The van der Waals surface area contributed by atoms with Gasteiger partial charge < -0.3 is 4.74 Å². The Labute approximate surface area is 47.6 Å². The first-order valence-electron chi connectivity index (χ1n) is 2.22. The number of hydrogen-bond donors (Lipinski definition) is 0. The molecule has 8 heavy (non-hydrogen) atoms. The third-order valence-corrected chi connectivity index (χ3v) is 0.533. The fourth-order valence-electron chi connectivity index (χ4n) is 0.212. The summed E-state index contributed by atoms with van der Waals surface area (Å²) in [5.74, 6) is 0. The molecule has 0 saturated carbocycles. The van der Waals surface area contributed by atoms with Crippen LogP contribution < -0.4 is 0 Å². The summed E-state index contributed by atoms with van der Waals surface area (Å²) in [6.45, 7) is 1.86. The molecule has 0 fully saturated rings. The molecule has 0 bridgehead atoms. The van der Waals surface area contributed by atoms with E-state index in [1.165, 1.54) is 0 Å². The largest absolute Gasteiger partial charge is 0.550 e. The van der Waals surface area contributed by atoms with Crippen LogP contribution >= 0.6 is 0 Å². The highest BCUT2D eigenvalue weighted by Gasteiger charge is 1.92. The lowest BCUT2D eigenvalue weighted by Crippen LogP contribution is -1.96. The average molecular weight is 115 g/mol. The molecule has 0 aliphatic carbocycles. The third-order valence-electron chi connectivity index (χ3n) is 0.533. The molecule has 0 saturated heterocycles. The lowest BCUT2D eigenvalue weighted by atomic mass is 10.6. The highest BCUT2D eigenvalue weighted by atomic mass is 16.7. The van der Waals surface area contributed by atoms with Crippen molar-refractivity contribution in [3.8, 4) is 0 Å². The molecule has 3 heteroatoms. The van der Waals surface area contributed by atoms with Crippen molar-refractivity contribution in [1.82, 2.24) is 0 Å². The van der Waals surface area contributed by atoms with Crippen LogP contribution in [0.25, 0.3) is 0 Å². The fraction of sp³-hybridized carbons (Fsp3) is 0.400. The van der Waals surface area contributed by atoms with E-state index in [0.29, 0.717) is 0 Å². The Morgan fingerprint density at radius 2 is 2.38 bits per heavy atom. The number of carbonyl (C=O) groups is 1. The van der Waals surface area contributed by atoms with Gasteiger partial charge in [0.1, 0.15) is 6.61 Å². The Kier molecular flexibility index (Phi) is 3.66. The van der Waals surface area contributed by atoms with Crippen molar-refractivity contribution in [1.29, 1.82) is 0 Å². The molecule has 0 atom stereocenters. The molecule has 1 radical (unpaired) electrons. The molecule has 0 aromatic carbocycles. The second-order valence-corrected chi connectivity index (χ2v) is 1.13. The standard InChI is InChI=1S/C5H7O3/c1-2-3-4-8-5(6)7/h2-3H,4H2,1H3/b3-2+. The summed E-state index contributed by atoms with van der Waals surface area (Å²) in [6.07, 6.45) is 1.79. The van der Waals surface area contributed by atoms with Gasteiger partial charge in [-0.15, -0.1) is 0 Å². The van der Waals surface area contributed by atoms with Gasteiger partial charge in [0.25, 0.3) is 0 Å². The van der Waals surface area contributed by atoms with Gasteiger partial charge >= 0.3 is 6.16 Å². The predicted molar refractivity (Wildman–Crippen MR) is 26.8 cm³/mol. The van der Waals surface area contributed by atoms with E-state index in [2.05, 4.69) is 4.74 Å². The van der Waals surface area contributed by atoms with Crippen molar-refractivity contribution >= 4 is 6.16 Å². The van der Waals surface area contributed by atoms with Crippen LogP contribution in [-0.2, 0) is 9.84 Å². The van der Waals surface area contributed by atoms with Crippen LogP contribution in [0.1, 0.15) is 6.92 Å². The molecule has 0 N–H and O–H groups in total. The topological polar surface area (TPSA) is 46.2 Å². The Balaban J connectivity index is 3.05. The molecular formula is C5H7O3. The van der Waals surface area contributed by atoms with E-state index in [1.54, 1.807) is 19.1 Å². The molecular weight excluding hydrogens is 108 g/mol. The fourth-order valence-corrected chi connectivity index (χ4v) is 0.212. The van der Waals surface area contributed by atoms with Crippen molar-refractivity contribution < 1.29 is 14.6 Å². The van der Waals surface area contributed by atoms with Crippen LogP contribution in [0.2, 0.25) is 0 Å². The van der Waals surface area contributed by atoms with Crippen LogP contribution in [-0.4, -0.2) is 12.8 Å². The predicted octanol–water partition coefficient (Wildman–Crippen LogP) is 1.13. The Morgan fingerprint density at radius 3 is 2.75 bits per heavy atom. The molecule has 3 nitrogen and oxygen atoms in total. The molecule has 0 rings (SSSR count). The first-order valence-corrected chi connectivity index (χ1v) is 2.22. The smallest absolute Gasteiger partial charge is 0.428 e. The molecule has 0 spiro atoms. The summed E-state index contributed by atoms with van der Waals surface area (Å²) in [4.78, 5) is 9.51. The lowest BCUT2D eigenvalue weighted by Gasteiger charge is -1.87. The zero-order valence-corrected chi connectivity index (χ0v) is 4.59. The van der Waals surface area contributed by atoms with E-state index in [-0.39, 0.29) is 6.61 Å². The van der Waals surface area contributed by atoms with Gasteiger partial charge in [0.15, 0.2) is 0 Å². The first-order chi connectivity index (χ1) is 3.77. The number of allylic oxidation sites excluding steroid dienone is 1. The first kappa shape index (κ1) is 7.01. The summed E-state index contributed by atoms with van der Waals surface area (Å²) < 4.78 is 4.00. The summed E-state index contributed by atoms with van der Waals surface area (Å²) >= 11 is 0. The van der Waals surface area contributed by atoms with Crippen LogP contribution in [0.5, 0.6) is 0 Å². The van der Waals surface area contributed by atoms with E-state index in [1.807, 2.05) is 0 Å². The molecule has 0 aliphatic heterocycles. The van der Waals surface area contributed by atoms with Crippen LogP contribution in [0.4, 0.5) is 4.79 Å². The highest BCUT2D eigenvalue weighted by molar-refractivity contribution is 5.56. The van der Waals surface area contributed by atoms with Crippen LogP contribution in [0.15, 0.2) is 12.2 Å². The van der Waals surface area contributed by atoms with E-state index in [4.69, 9.17) is 0 Å². The van der Waals surface area contributed by atoms with Gasteiger partial charge in [0, 0.05) is 0 Å². The number of ether oxygens (including phenoxy) is 1.